The summed E-state index contributed by atoms with van der Waals surface area (Å²) in [5.74, 6) is 0.160. The number of morpholine rings is 1. The molecule has 1 N–H and O–H groups in total. The van der Waals surface area contributed by atoms with E-state index >= 15 is 0 Å². The number of aryl methyl sites for hydroxylation is 1. The van der Waals surface area contributed by atoms with Gasteiger partial charge in [0.05, 0.1) is 23.6 Å². The lowest BCUT2D eigenvalue weighted by Crippen LogP contribution is -2.49. The third-order valence-electron chi connectivity index (χ3n) is 6.09. The van der Waals surface area contributed by atoms with E-state index in [0.717, 1.165) is 42.4 Å². The molecule has 0 saturated carbocycles. The van der Waals surface area contributed by atoms with E-state index in [-0.39, 0.29) is 11.9 Å². The van der Waals surface area contributed by atoms with Gasteiger partial charge in [-0.2, -0.15) is 0 Å². The van der Waals surface area contributed by atoms with Gasteiger partial charge in [0.25, 0.3) is 0 Å². The zero-order valence-corrected chi connectivity index (χ0v) is 17.1. The second-order valence-electron chi connectivity index (χ2n) is 8.34. The predicted molar refractivity (Wildman–Crippen MR) is 115 cm³/mol. The van der Waals surface area contributed by atoms with E-state index in [2.05, 4.69) is 47.1 Å². The minimum atomic E-state index is -0.590. The van der Waals surface area contributed by atoms with Crippen LogP contribution in [0.2, 0.25) is 0 Å². The van der Waals surface area contributed by atoms with Crippen LogP contribution in [0.3, 0.4) is 0 Å². The molecule has 1 aliphatic rings. The molecule has 2 aromatic carbocycles. The Labute approximate surface area is 166 Å². The molecule has 4 rings (SSSR count). The van der Waals surface area contributed by atoms with Crippen LogP contribution >= 0.6 is 0 Å². The Kier molecular flexibility index (Phi) is 5.26. The number of ether oxygens (including phenoxy) is 1. The quantitative estimate of drug-likeness (QED) is 0.627. The minimum Gasteiger partial charge on any atom is -0.375 e. The highest BCUT2D eigenvalue weighted by Gasteiger charge is 2.40. The molecule has 0 amide bonds. The lowest BCUT2D eigenvalue weighted by molar-refractivity contribution is -0.0323. The third kappa shape index (κ3) is 3.15. The number of hydrogen-bond donors (Lipinski definition) is 1. The molecule has 1 aromatic heterocycles. The van der Waals surface area contributed by atoms with Gasteiger partial charge in [-0.25, -0.2) is 0 Å². The first-order chi connectivity index (χ1) is 13.6. The predicted octanol–water partition coefficient (Wildman–Crippen LogP) is 4.79. The molecule has 148 valence electrons. The third-order valence-corrected chi connectivity index (χ3v) is 6.09. The standard InChI is InChI=1S/C24H30N2O2/c1-4-5-14-26-20-12-7-6-9-17(20)18-10-8-11-19(22(18)26)23(27)24(2,3)21-16-25-13-15-28-21/h6-12,21,25H,4-5,13-16H2,1-3H3. The first-order valence-electron chi connectivity index (χ1n) is 10.4. The van der Waals surface area contributed by atoms with Crippen molar-refractivity contribution in [3.8, 4) is 0 Å². The average Bonchev–Trinajstić information content (AvgIpc) is 3.06. The molecule has 0 radical (unpaired) electrons. The van der Waals surface area contributed by atoms with E-state index in [9.17, 15) is 4.79 Å². The molecule has 0 bridgehead atoms. The Morgan fingerprint density at radius 3 is 2.71 bits per heavy atom. The van der Waals surface area contributed by atoms with Crippen LogP contribution in [0.15, 0.2) is 42.5 Å². The van der Waals surface area contributed by atoms with Crippen LogP contribution < -0.4 is 5.32 Å². The zero-order chi connectivity index (χ0) is 19.7. The molecular weight excluding hydrogens is 348 g/mol. The lowest BCUT2D eigenvalue weighted by Gasteiger charge is -2.36. The van der Waals surface area contributed by atoms with Crippen molar-refractivity contribution in [3.63, 3.8) is 0 Å². The van der Waals surface area contributed by atoms with E-state index in [1.54, 1.807) is 0 Å². The summed E-state index contributed by atoms with van der Waals surface area (Å²) in [6.45, 7) is 9.39. The highest BCUT2D eigenvalue weighted by atomic mass is 16.5. The molecule has 1 saturated heterocycles. The number of nitrogens with one attached hydrogen (secondary N) is 1. The van der Waals surface area contributed by atoms with Gasteiger partial charge in [-0.15, -0.1) is 0 Å². The summed E-state index contributed by atoms with van der Waals surface area (Å²) in [4.78, 5) is 13.8. The van der Waals surface area contributed by atoms with Crippen LogP contribution in [0.25, 0.3) is 21.8 Å². The Hall–Kier alpha value is -2.17. The lowest BCUT2D eigenvalue weighted by atomic mass is 9.78. The van der Waals surface area contributed by atoms with Gasteiger partial charge in [0.15, 0.2) is 5.78 Å². The van der Waals surface area contributed by atoms with Gasteiger partial charge in [-0.3, -0.25) is 4.79 Å². The summed E-state index contributed by atoms with van der Waals surface area (Å²) in [7, 11) is 0. The van der Waals surface area contributed by atoms with Crippen molar-refractivity contribution in [2.24, 2.45) is 5.41 Å². The number of nitrogens with zero attached hydrogens (tertiary/aromatic N) is 1. The fourth-order valence-corrected chi connectivity index (χ4v) is 4.36. The number of aromatic nitrogens is 1. The zero-order valence-electron chi connectivity index (χ0n) is 17.1. The summed E-state index contributed by atoms with van der Waals surface area (Å²) < 4.78 is 8.31. The number of ketones is 1. The number of carbonyl (C=O) groups excluding carboxylic acids is 1. The summed E-state index contributed by atoms with van der Waals surface area (Å²) >= 11 is 0. The molecular formula is C24H30N2O2. The van der Waals surface area contributed by atoms with Gasteiger partial charge in [-0.05, 0) is 32.4 Å². The maximum Gasteiger partial charge on any atom is 0.173 e. The molecule has 0 aliphatic carbocycles. The fourth-order valence-electron chi connectivity index (χ4n) is 4.36. The van der Waals surface area contributed by atoms with Crippen LogP contribution in [0.4, 0.5) is 0 Å². The van der Waals surface area contributed by atoms with Gasteiger partial charge >= 0.3 is 0 Å². The van der Waals surface area contributed by atoms with Gasteiger partial charge in [-0.1, -0.05) is 43.7 Å². The van der Waals surface area contributed by atoms with E-state index < -0.39 is 5.41 Å². The first kappa shape index (κ1) is 19.2. The molecule has 1 fully saturated rings. The Bertz CT molecular complexity index is 996. The molecule has 4 nitrogen and oxygen atoms in total. The monoisotopic (exact) mass is 378 g/mol. The Balaban J connectivity index is 1.88. The van der Waals surface area contributed by atoms with Crippen molar-refractivity contribution in [2.45, 2.75) is 46.3 Å². The van der Waals surface area contributed by atoms with Crippen molar-refractivity contribution >= 4 is 27.6 Å². The maximum atomic E-state index is 13.8. The van der Waals surface area contributed by atoms with Crippen LogP contribution in [0.5, 0.6) is 0 Å². The number of unbranched alkanes of at least 4 members (excludes halogenated alkanes) is 1. The largest absolute Gasteiger partial charge is 0.375 e. The van der Waals surface area contributed by atoms with Crippen LogP contribution in [0.1, 0.15) is 44.0 Å². The SMILES string of the molecule is CCCCn1c2ccccc2c2cccc(C(=O)C(C)(C)C3CNCCO3)c21. The topological polar surface area (TPSA) is 43.3 Å². The smallest absolute Gasteiger partial charge is 0.173 e. The summed E-state index contributed by atoms with van der Waals surface area (Å²) in [5, 5.41) is 5.74. The first-order valence-corrected chi connectivity index (χ1v) is 10.4. The highest BCUT2D eigenvalue weighted by Crippen LogP contribution is 2.36. The average molecular weight is 379 g/mol. The van der Waals surface area contributed by atoms with Crippen molar-refractivity contribution < 1.29 is 9.53 Å². The van der Waals surface area contributed by atoms with Crippen molar-refractivity contribution in [2.75, 3.05) is 19.7 Å². The number of benzene rings is 2. The molecule has 1 aliphatic heterocycles. The molecule has 3 aromatic rings. The number of fused-ring (bicyclic) bond motifs is 3. The van der Waals surface area contributed by atoms with Gasteiger partial charge in [0.2, 0.25) is 0 Å². The maximum absolute atomic E-state index is 13.8. The summed E-state index contributed by atoms with van der Waals surface area (Å²) in [5.41, 5.74) is 2.50. The van der Waals surface area contributed by atoms with Crippen LogP contribution in [0, 0.1) is 5.41 Å². The number of Topliss-reactive ketones (excluding diaryl/α,β-unsaturated/α-hetero) is 1. The molecule has 1 unspecified atom stereocenters. The second-order valence-corrected chi connectivity index (χ2v) is 8.34. The number of carbonyl (C=O) groups is 1. The summed E-state index contributed by atoms with van der Waals surface area (Å²) in [6, 6.07) is 14.6. The van der Waals surface area contributed by atoms with Gasteiger partial charge in [0.1, 0.15) is 0 Å². The van der Waals surface area contributed by atoms with Gasteiger partial charge in [0, 0.05) is 41.5 Å². The van der Waals surface area contributed by atoms with E-state index in [0.29, 0.717) is 13.2 Å². The molecule has 1 atom stereocenters. The second kappa shape index (κ2) is 7.69. The van der Waals surface area contributed by atoms with Crippen LogP contribution in [-0.4, -0.2) is 36.2 Å². The highest BCUT2D eigenvalue weighted by molar-refractivity contribution is 6.17. The Morgan fingerprint density at radius 2 is 1.96 bits per heavy atom. The molecule has 4 heteroatoms. The van der Waals surface area contributed by atoms with E-state index in [4.69, 9.17) is 4.74 Å². The number of rotatable bonds is 6. The summed E-state index contributed by atoms with van der Waals surface area (Å²) in [6.07, 6.45) is 2.10. The molecule has 28 heavy (non-hydrogen) atoms. The van der Waals surface area contributed by atoms with Gasteiger partial charge < -0.3 is 14.6 Å². The minimum absolute atomic E-state index is 0.113. The molecule has 2 heterocycles. The number of para-hydroxylation sites is 2. The van der Waals surface area contributed by atoms with E-state index in [1.165, 1.54) is 10.9 Å². The van der Waals surface area contributed by atoms with Crippen molar-refractivity contribution in [1.82, 2.24) is 9.88 Å². The fraction of sp³-hybridized carbons (Fsp3) is 0.458. The van der Waals surface area contributed by atoms with Crippen molar-refractivity contribution in [3.05, 3.63) is 48.0 Å². The van der Waals surface area contributed by atoms with Crippen molar-refractivity contribution in [1.29, 1.82) is 0 Å². The number of hydrogen-bond acceptors (Lipinski definition) is 3. The Morgan fingerprint density at radius 1 is 1.18 bits per heavy atom. The van der Waals surface area contributed by atoms with Crippen LogP contribution in [-0.2, 0) is 11.3 Å². The van der Waals surface area contributed by atoms with E-state index in [1.807, 2.05) is 26.0 Å². The molecule has 0 spiro atoms. The normalized spacial score (nSPS) is 18.0.